The highest BCUT2D eigenvalue weighted by Crippen LogP contribution is 2.04. The van der Waals surface area contributed by atoms with Crippen molar-refractivity contribution >= 4 is 0 Å². The van der Waals surface area contributed by atoms with E-state index in [1.165, 1.54) is 32.2 Å². The molecule has 2 unspecified atom stereocenters. The van der Waals surface area contributed by atoms with Gasteiger partial charge in [-0.25, -0.2) is 0 Å². The Morgan fingerprint density at radius 2 is 2.10 bits per heavy atom. The lowest BCUT2D eigenvalue weighted by Crippen LogP contribution is -3.13. The number of quaternary nitrogens is 1. The van der Waals surface area contributed by atoms with Crippen LogP contribution in [0.2, 0.25) is 0 Å². The number of rotatable bonds is 1. The maximum absolute atomic E-state index is 2.33. The number of piperidine rings is 1. The second-order valence-corrected chi connectivity index (χ2v) is 3.20. The van der Waals surface area contributed by atoms with Crippen LogP contribution in [0.3, 0.4) is 0 Å². The van der Waals surface area contributed by atoms with E-state index in [1.807, 2.05) is 0 Å². The molecule has 0 aliphatic carbocycles. The van der Waals surface area contributed by atoms with Gasteiger partial charge in [-0.3, -0.25) is 0 Å². The van der Waals surface area contributed by atoms with Crippen molar-refractivity contribution in [1.82, 2.24) is 0 Å². The topological polar surface area (TPSA) is 4.44 Å². The van der Waals surface area contributed by atoms with Crippen LogP contribution in [-0.4, -0.2) is 19.6 Å². The molecule has 0 bridgehead atoms. The number of nitrogens with one attached hydrogen (secondary N) is 1. The first kappa shape index (κ1) is 10.4. The zero-order chi connectivity index (χ0) is 6.69. The number of halogens is 1. The summed E-state index contributed by atoms with van der Waals surface area (Å²) >= 11 is 0. The standard InChI is InChI=1S/C8H17N.BrH/c1-3-8-6-4-5-7-9(8)2;/h8H,3-7H2,1-2H3;1H. The molecule has 1 saturated heterocycles. The molecular formula is C8H18BrN. The van der Waals surface area contributed by atoms with Gasteiger partial charge in [-0.2, -0.15) is 0 Å². The summed E-state index contributed by atoms with van der Waals surface area (Å²) in [5, 5.41) is 0. The predicted octanol–water partition coefficient (Wildman–Crippen LogP) is -2.53. The molecule has 0 aromatic heterocycles. The minimum atomic E-state index is 0. The molecule has 0 saturated carbocycles. The fraction of sp³-hybridized carbons (Fsp3) is 1.00. The summed E-state index contributed by atoms with van der Waals surface area (Å²) in [6.45, 7) is 3.71. The van der Waals surface area contributed by atoms with Crippen LogP contribution >= 0.6 is 0 Å². The van der Waals surface area contributed by atoms with Gasteiger partial charge in [-0.05, 0) is 25.7 Å². The Labute approximate surface area is 74.6 Å². The van der Waals surface area contributed by atoms with Crippen molar-refractivity contribution in [3.8, 4) is 0 Å². The molecule has 62 valence electrons. The van der Waals surface area contributed by atoms with Gasteiger partial charge < -0.3 is 21.9 Å². The average molecular weight is 208 g/mol. The third-order valence-electron chi connectivity index (χ3n) is 2.56. The molecule has 0 aromatic carbocycles. The van der Waals surface area contributed by atoms with Crippen LogP contribution in [0.1, 0.15) is 32.6 Å². The lowest BCUT2D eigenvalue weighted by Gasteiger charge is -2.28. The average Bonchev–Trinajstić information content (AvgIpc) is 1.89. The van der Waals surface area contributed by atoms with Gasteiger partial charge in [0.25, 0.3) is 0 Å². The van der Waals surface area contributed by atoms with Crippen LogP contribution in [0.25, 0.3) is 0 Å². The molecule has 2 atom stereocenters. The fourth-order valence-electron chi connectivity index (χ4n) is 1.80. The molecule has 0 amide bonds. The Hall–Kier alpha value is 0.440. The van der Waals surface area contributed by atoms with Gasteiger partial charge in [0.05, 0.1) is 19.6 Å². The molecule has 1 heterocycles. The Morgan fingerprint density at radius 1 is 1.40 bits per heavy atom. The highest BCUT2D eigenvalue weighted by atomic mass is 79.9. The molecule has 1 aliphatic heterocycles. The zero-order valence-corrected chi connectivity index (χ0v) is 8.58. The van der Waals surface area contributed by atoms with E-state index >= 15 is 0 Å². The molecule has 10 heavy (non-hydrogen) atoms. The van der Waals surface area contributed by atoms with Gasteiger partial charge in [0.15, 0.2) is 0 Å². The zero-order valence-electron chi connectivity index (χ0n) is 6.99. The maximum Gasteiger partial charge on any atom is 0.0869 e. The highest BCUT2D eigenvalue weighted by molar-refractivity contribution is 4.57. The van der Waals surface area contributed by atoms with Gasteiger partial charge in [-0.1, -0.05) is 6.92 Å². The molecule has 1 fully saturated rings. The van der Waals surface area contributed by atoms with E-state index in [2.05, 4.69) is 14.0 Å². The molecule has 1 aliphatic rings. The van der Waals surface area contributed by atoms with Crippen molar-refractivity contribution in [3.05, 3.63) is 0 Å². The van der Waals surface area contributed by atoms with Gasteiger partial charge in [0.2, 0.25) is 0 Å². The summed E-state index contributed by atoms with van der Waals surface area (Å²) in [7, 11) is 2.33. The van der Waals surface area contributed by atoms with E-state index in [1.54, 1.807) is 4.90 Å². The molecule has 0 spiro atoms. The Balaban J connectivity index is 0.000000810. The lowest BCUT2D eigenvalue weighted by atomic mass is 10.0. The summed E-state index contributed by atoms with van der Waals surface area (Å²) in [5.41, 5.74) is 0. The van der Waals surface area contributed by atoms with E-state index in [4.69, 9.17) is 0 Å². The quantitative estimate of drug-likeness (QED) is 0.484. The Kier molecular flexibility index (Phi) is 5.36. The van der Waals surface area contributed by atoms with E-state index < -0.39 is 0 Å². The summed E-state index contributed by atoms with van der Waals surface area (Å²) in [6.07, 6.45) is 5.74. The highest BCUT2D eigenvalue weighted by Gasteiger charge is 2.19. The third kappa shape index (κ3) is 2.59. The monoisotopic (exact) mass is 207 g/mol. The molecule has 0 radical (unpaired) electrons. The molecule has 1 N–H and O–H groups in total. The van der Waals surface area contributed by atoms with E-state index in [0.29, 0.717) is 0 Å². The molecule has 2 heteroatoms. The van der Waals surface area contributed by atoms with E-state index in [9.17, 15) is 0 Å². The Bertz CT molecular complexity index is 85.3. The van der Waals surface area contributed by atoms with Crippen LogP contribution in [0.4, 0.5) is 0 Å². The molecule has 1 rings (SSSR count). The van der Waals surface area contributed by atoms with Gasteiger partial charge in [-0.15, -0.1) is 0 Å². The molecular weight excluding hydrogens is 190 g/mol. The minimum absolute atomic E-state index is 0. The van der Waals surface area contributed by atoms with Crippen molar-refractivity contribution in [2.45, 2.75) is 38.6 Å². The first-order valence-corrected chi connectivity index (χ1v) is 4.17. The lowest BCUT2D eigenvalue weighted by molar-refractivity contribution is -0.911. The van der Waals surface area contributed by atoms with Crippen molar-refractivity contribution in [2.75, 3.05) is 13.6 Å². The van der Waals surface area contributed by atoms with E-state index in [0.717, 1.165) is 6.04 Å². The van der Waals surface area contributed by atoms with Crippen LogP contribution in [0, 0.1) is 0 Å². The van der Waals surface area contributed by atoms with Crippen LogP contribution in [-0.2, 0) is 0 Å². The van der Waals surface area contributed by atoms with Crippen LogP contribution < -0.4 is 21.9 Å². The maximum atomic E-state index is 2.33. The van der Waals surface area contributed by atoms with Crippen molar-refractivity contribution in [2.24, 2.45) is 0 Å². The van der Waals surface area contributed by atoms with Gasteiger partial charge in [0, 0.05) is 0 Å². The van der Waals surface area contributed by atoms with Crippen molar-refractivity contribution < 1.29 is 21.9 Å². The minimum Gasteiger partial charge on any atom is -1.00 e. The third-order valence-corrected chi connectivity index (χ3v) is 2.56. The van der Waals surface area contributed by atoms with Crippen molar-refractivity contribution in [1.29, 1.82) is 0 Å². The summed E-state index contributed by atoms with van der Waals surface area (Å²) in [6, 6.07) is 0.971. The molecule has 0 aromatic rings. The fourth-order valence-corrected chi connectivity index (χ4v) is 1.80. The van der Waals surface area contributed by atoms with Crippen LogP contribution in [0.15, 0.2) is 0 Å². The normalized spacial score (nSPS) is 33.0. The number of likely N-dealkylation sites (tertiary alicyclic amines) is 1. The van der Waals surface area contributed by atoms with Gasteiger partial charge >= 0.3 is 0 Å². The second kappa shape index (κ2) is 5.14. The van der Waals surface area contributed by atoms with Gasteiger partial charge in [0.1, 0.15) is 0 Å². The van der Waals surface area contributed by atoms with Crippen molar-refractivity contribution in [3.63, 3.8) is 0 Å². The summed E-state index contributed by atoms with van der Waals surface area (Å²) in [4.78, 5) is 1.75. The first-order chi connectivity index (χ1) is 4.34. The largest absolute Gasteiger partial charge is 1.00 e. The predicted molar refractivity (Wildman–Crippen MR) is 39.7 cm³/mol. The second-order valence-electron chi connectivity index (χ2n) is 3.20. The summed E-state index contributed by atoms with van der Waals surface area (Å²) < 4.78 is 0. The summed E-state index contributed by atoms with van der Waals surface area (Å²) in [5.74, 6) is 0. The molecule has 1 nitrogen and oxygen atoms in total. The first-order valence-electron chi connectivity index (χ1n) is 4.17. The smallest absolute Gasteiger partial charge is 0.0869 e. The number of hydrogen-bond acceptors (Lipinski definition) is 0. The number of hydrogen-bond donors (Lipinski definition) is 1. The Morgan fingerprint density at radius 3 is 2.50 bits per heavy atom. The van der Waals surface area contributed by atoms with E-state index in [-0.39, 0.29) is 17.0 Å². The SMILES string of the molecule is CCC1CCCC[NH+]1C.[Br-]. The van der Waals surface area contributed by atoms with Crippen LogP contribution in [0.5, 0.6) is 0 Å².